The molecule has 1 aromatic carbocycles. The van der Waals surface area contributed by atoms with E-state index in [1.165, 1.54) is 5.57 Å². The summed E-state index contributed by atoms with van der Waals surface area (Å²) in [6.45, 7) is 8.05. The molecule has 0 saturated carbocycles. The van der Waals surface area contributed by atoms with E-state index in [1.54, 1.807) is 7.11 Å². The highest BCUT2D eigenvalue weighted by atomic mass is 16.5. The molecule has 0 aliphatic carbocycles. The summed E-state index contributed by atoms with van der Waals surface area (Å²) in [5, 5.41) is 0. The van der Waals surface area contributed by atoms with Crippen molar-refractivity contribution in [2.45, 2.75) is 39.3 Å². The molecule has 0 unspecified atom stereocenters. The van der Waals surface area contributed by atoms with Gasteiger partial charge in [0, 0.05) is 13.1 Å². The Bertz CT molecular complexity index is 624. The Balaban J connectivity index is 1.86. The number of rotatable bonds is 4. The second kappa shape index (κ2) is 5.76. The van der Waals surface area contributed by atoms with Crippen LogP contribution in [0.15, 0.2) is 29.8 Å². The van der Waals surface area contributed by atoms with Gasteiger partial charge in [-0.3, -0.25) is 9.69 Å². The number of hydrogen-bond donors (Lipinski definition) is 0. The lowest BCUT2D eigenvalue weighted by Crippen LogP contribution is -2.51. The molecule has 0 aromatic heterocycles. The first-order chi connectivity index (χ1) is 10.5. The van der Waals surface area contributed by atoms with E-state index in [-0.39, 0.29) is 18.0 Å². The van der Waals surface area contributed by atoms with Gasteiger partial charge in [-0.15, -0.1) is 0 Å². The van der Waals surface area contributed by atoms with E-state index in [2.05, 4.69) is 30.9 Å². The summed E-state index contributed by atoms with van der Waals surface area (Å²) in [5.74, 6) is 0.992. The fourth-order valence-electron chi connectivity index (χ4n) is 3.55. The lowest BCUT2D eigenvalue weighted by Gasteiger charge is -2.34. The van der Waals surface area contributed by atoms with Crippen LogP contribution in [0.25, 0.3) is 0 Å². The summed E-state index contributed by atoms with van der Waals surface area (Å²) in [5.41, 5.74) is 3.38. The average molecular weight is 300 g/mol. The van der Waals surface area contributed by atoms with Crippen LogP contribution in [-0.4, -0.2) is 43.1 Å². The van der Waals surface area contributed by atoms with Crippen molar-refractivity contribution in [3.63, 3.8) is 0 Å². The normalized spacial score (nSPS) is 25.2. The fourth-order valence-corrected chi connectivity index (χ4v) is 3.55. The summed E-state index contributed by atoms with van der Waals surface area (Å²) in [6, 6.07) is 6.30. The number of fused-ring (bicyclic) bond motifs is 2. The van der Waals surface area contributed by atoms with Crippen molar-refractivity contribution in [2.24, 2.45) is 0 Å². The summed E-state index contributed by atoms with van der Waals surface area (Å²) >= 11 is 0. The van der Waals surface area contributed by atoms with E-state index in [1.807, 2.05) is 24.0 Å². The summed E-state index contributed by atoms with van der Waals surface area (Å²) in [4.78, 5) is 17.1. The molecule has 2 saturated heterocycles. The molecule has 4 heteroatoms. The van der Waals surface area contributed by atoms with Crippen LogP contribution in [-0.2, 0) is 4.79 Å². The van der Waals surface area contributed by atoms with Gasteiger partial charge in [0.1, 0.15) is 5.75 Å². The molecule has 2 atom stereocenters. The minimum absolute atomic E-state index is 0.0186. The number of anilines is 1. The van der Waals surface area contributed by atoms with Gasteiger partial charge in [0.15, 0.2) is 0 Å². The van der Waals surface area contributed by atoms with Gasteiger partial charge < -0.3 is 9.64 Å². The smallest absolute Gasteiger partial charge is 0.244 e. The molecule has 4 nitrogen and oxygen atoms in total. The summed E-state index contributed by atoms with van der Waals surface area (Å²) in [7, 11) is 1.66. The Morgan fingerprint density at radius 3 is 2.86 bits per heavy atom. The zero-order chi connectivity index (χ0) is 15.9. The van der Waals surface area contributed by atoms with Crippen molar-refractivity contribution in [3.05, 3.63) is 35.4 Å². The Kier molecular flexibility index (Phi) is 3.96. The van der Waals surface area contributed by atoms with Crippen LogP contribution in [0.2, 0.25) is 0 Å². The molecule has 22 heavy (non-hydrogen) atoms. The highest BCUT2D eigenvalue weighted by Crippen LogP contribution is 2.40. The van der Waals surface area contributed by atoms with Crippen molar-refractivity contribution in [3.8, 4) is 5.75 Å². The predicted molar refractivity (Wildman–Crippen MR) is 88.4 cm³/mol. The molecule has 1 aromatic rings. The molecular formula is C18H24N2O2. The number of aryl methyl sites for hydroxylation is 1. The number of methoxy groups -OCH3 is 1. The third kappa shape index (κ3) is 2.41. The first kappa shape index (κ1) is 15.1. The summed E-state index contributed by atoms with van der Waals surface area (Å²) < 4.78 is 5.46. The van der Waals surface area contributed by atoms with E-state index in [0.29, 0.717) is 0 Å². The van der Waals surface area contributed by atoms with Crippen molar-refractivity contribution in [2.75, 3.05) is 25.1 Å². The third-order valence-corrected chi connectivity index (χ3v) is 4.81. The number of likely N-dealkylation sites (tertiary alicyclic amines) is 1. The zero-order valence-electron chi connectivity index (χ0n) is 13.8. The van der Waals surface area contributed by atoms with Gasteiger partial charge in [-0.1, -0.05) is 17.7 Å². The molecule has 0 N–H and O–H groups in total. The highest BCUT2D eigenvalue weighted by Gasteiger charge is 2.50. The van der Waals surface area contributed by atoms with Crippen molar-refractivity contribution < 1.29 is 9.53 Å². The molecule has 1 amide bonds. The topological polar surface area (TPSA) is 32.8 Å². The van der Waals surface area contributed by atoms with Crippen LogP contribution in [0.3, 0.4) is 0 Å². The quantitative estimate of drug-likeness (QED) is 0.802. The zero-order valence-corrected chi connectivity index (χ0v) is 13.8. The Morgan fingerprint density at radius 1 is 1.45 bits per heavy atom. The van der Waals surface area contributed by atoms with Crippen molar-refractivity contribution >= 4 is 11.6 Å². The van der Waals surface area contributed by atoms with Gasteiger partial charge in [0.05, 0.1) is 24.9 Å². The number of carbonyl (C=O) groups excluding carboxylic acids is 1. The Morgan fingerprint density at radius 2 is 2.23 bits per heavy atom. The fraction of sp³-hybridized carbons (Fsp3) is 0.500. The molecule has 0 spiro atoms. The van der Waals surface area contributed by atoms with Gasteiger partial charge in [-0.2, -0.15) is 0 Å². The number of allylic oxidation sites excluding steroid dienone is 1. The van der Waals surface area contributed by atoms with Gasteiger partial charge in [0.2, 0.25) is 5.91 Å². The molecule has 2 bridgehead atoms. The molecular weight excluding hydrogens is 276 g/mol. The highest BCUT2D eigenvalue weighted by molar-refractivity contribution is 6.02. The monoisotopic (exact) mass is 300 g/mol. The number of nitrogens with zero attached hydrogens (tertiary/aromatic N) is 2. The van der Waals surface area contributed by atoms with E-state index in [0.717, 1.165) is 36.5 Å². The van der Waals surface area contributed by atoms with Crippen LogP contribution in [0.1, 0.15) is 25.8 Å². The van der Waals surface area contributed by atoms with E-state index < -0.39 is 0 Å². The lowest BCUT2D eigenvalue weighted by atomic mass is 10.1. The number of amides is 1. The molecule has 2 aliphatic heterocycles. The lowest BCUT2D eigenvalue weighted by molar-refractivity contribution is -0.122. The predicted octanol–water partition coefficient (Wildman–Crippen LogP) is 2.76. The van der Waals surface area contributed by atoms with Crippen LogP contribution in [0, 0.1) is 6.92 Å². The molecule has 2 fully saturated rings. The van der Waals surface area contributed by atoms with E-state index in [4.69, 9.17) is 4.74 Å². The second-order valence-electron chi connectivity index (χ2n) is 6.35. The number of hydrogen-bond acceptors (Lipinski definition) is 3. The molecule has 3 rings (SSSR count). The first-order valence-corrected chi connectivity index (χ1v) is 7.88. The molecule has 2 aliphatic rings. The second-order valence-corrected chi connectivity index (χ2v) is 6.35. The number of benzene rings is 1. The standard InChI is InChI=1S/C18H24N2O2/c1-5-12(2)10-19-11-14-9-16(19)18(21)20(14)15-8-13(3)6-7-17(15)22-4/h5-8,14,16H,9-11H2,1-4H3/b12-5+/t14-,16-/m0/s1. The third-order valence-electron chi connectivity index (χ3n) is 4.81. The van der Waals surface area contributed by atoms with Crippen LogP contribution >= 0.6 is 0 Å². The summed E-state index contributed by atoms with van der Waals surface area (Å²) in [6.07, 6.45) is 3.05. The maximum atomic E-state index is 12.8. The van der Waals surface area contributed by atoms with Crippen LogP contribution in [0.5, 0.6) is 5.75 Å². The Hall–Kier alpha value is -1.81. The number of carbonyl (C=O) groups is 1. The SMILES string of the molecule is C/C=C(\C)CN1C[C@@H]2C[C@H]1C(=O)N2c1cc(C)ccc1OC. The van der Waals surface area contributed by atoms with E-state index in [9.17, 15) is 4.79 Å². The average Bonchev–Trinajstić information content (AvgIpc) is 3.04. The van der Waals surface area contributed by atoms with Gasteiger partial charge in [-0.25, -0.2) is 0 Å². The van der Waals surface area contributed by atoms with E-state index >= 15 is 0 Å². The van der Waals surface area contributed by atoms with Gasteiger partial charge >= 0.3 is 0 Å². The van der Waals surface area contributed by atoms with Crippen molar-refractivity contribution in [1.29, 1.82) is 0 Å². The van der Waals surface area contributed by atoms with Gasteiger partial charge in [0.25, 0.3) is 0 Å². The maximum absolute atomic E-state index is 12.8. The molecule has 118 valence electrons. The first-order valence-electron chi connectivity index (χ1n) is 7.88. The maximum Gasteiger partial charge on any atom is 0.244 e. The number of piperazine rings is 1. The van der Waals surface area contributed by atoms with Crippen LogP contribution in [0.4, 0.5) is 5.69 Å². The minimum atomic E-state index is 0.0186. The number of ether oxygens (including phenoxy) is 1. The largest absolute Gasteiger partial charge is 0.495 e. The molecule has 2 heterocycles. The minimum Gasteiger partial charge on any atom is -0.495 e. The van der Waals surface area contributed by atoms with Gasteiger partial charge in [-0.05, 0) is 44.9 Å². The van der Waals surface area contributed by atoms with Crippen LogP contribution < -0.4 is 9.64 Å². The Labute approximate surface area is 132 Å². The van der Waals surface area contributed by atoms with Crippen molar-refractivity contribution in [1.82, 2.24) is 4.90 Å². The molecule has 0 radical (unpaired) electrons.